The molecule has 1 N–H and O–H groups in total. The highest BCUT2D eigenvalue weighted by Crippen LogP contribution is 2.16. The van der Waals surface area contributed by atoms with Crippen LogP contribution in [-0.2, 0) is 4.74 Å². The Morgan fingerprint density at radius 1 is 1.12 bits per heavy atom. The van der Waals surface area contributed by atoms with Gasteiger partial charge in [-0.15, -0.1) is 0 Å². The second-order valence-electron chi connectivity index (χ2n) is 5.34. The lowest BCUT2D eigenvalue weighted by Crippen LogP contribution is -2.41. The van der Waals surface area contributed by atoms with Crippen LogP contribution in [0.5, 0.6) is 5.75 Å². The summed E-state index contributed by atoms with van der Waals surface area (Å²) < 4.78 is 10.3. The van der Waals surface area contributed by atoms with E-state index in [1.807, 2.05) is 0 Å². The summed E-state index contributed by atoms with van der Waals surface area (Å²) in [6.07, 6.45) is 2.86. The van der Waals surface area contributed by atoms with Crippen molar-refractivity contribution in [2.24, 2.45) is 0 Å². The Balaban J connectivity index is 1.77. The summed E-state index contributed by atoms with van der Waals surface area (Å²) in [5.74, 6) is 0.139. The number of nitrogens with one attached hydrogen (secondary N) is 1. The van der Waals surface area contributed by atoms with Crippen LogP contribution in [0.2, 0.25) is 0 Å². The van der Waals surface area contributed by atoms with Crippen molar-refractivity contribution in [3.8, 4) is 5.75 Å². The zero-order chi connectivity index (χ0) is 17.6. The van der Waals surface area contributed by atoms with Crippen molar-refractivity contribution in [3.05, 3.63) is 47.9 Å². The van der Waals surface area contributed by atoms with Gasteiger partial charge in [0.15, 0.2) is 11.5 Å². The number of morpholine rings is 1. The van der Waals surface area contributed by atoms with Gasteiger partial charge >= 0.3 is 0 Å². The molecule has 2 heterocycles. The van der Waals surface area contributed by atoms with Gasteiger partial charge in [-0.05, 0) is 24.3 Å². The SMILES string of the molecule is COc1ccc(C(=O)Nc2nccnc2C(=O)N2CCOCC2)cc1. The number of ether oxygens (including phenoxy) is 2. The smallest absolute Gasteiger partial charge is 0.276 e. The number of rotatable bonds is 4. The standard InChI is InChI=1S/C17H18N4O4/c1-24-13-4-2-12(3-5-13)16(22)20-15-14(18-6-7-19-15)17(23)21-8-10-25-11-9-21/h2-7H,8-11H2,1H3,(H,19,20,22). The summed E-state index contributed by atoms with van der Waals surface area (Å²) in [6.45, 7) is 1.95. The van der Waals surface area contributed by atoms with Crippen LogP contribution in [0, 0.1) is 0 Å². The average molecular weight is 342 g/mol. The molecule has 2 amide bonds. The summed E-state index contributed by atoms with van der Waals surface area (Å²) in [5.41, 5.74) is 0.544. The van der Waals surface area contributed by atoms with Gasteiger partial charge in [-0.3, -0.25) is 9.59 Å². The maximum atomic E-state index is 12.6. The van der Waals surface area contributed by atoms with Gasteiger partial charge in [-0.2, -0.15) is 0 Å². The molecule has 0 spiro atoms. The molecule has 1 saturated heterocycles. The first kappa shape index (κ1) is 16.8. The molecule has 0 radical (unpaired) electrons. The van der Waals surface area contributed by atoms with Crippen LogP contribution in [-0.4, -0.2) is 60.1 Å². The molecule has 1 aliphatic rings. The van der Waals surface area contributed by atoms with Crippen molar-refractivity contribution < 1.29 is 19.1 Å². The third-order valence-corrected chi connectivity index (χ3v) is 3.78. The number of aromatic nitrogens is 2. The van der Waals surface area contributed by atoms with E-state index in [0.29, 0.717) is 37.6 Å². The Hall–Kier alpha value is -3.00. The number of methoxy groups -OCH3 is 1. The fraction of sp³-hybridized carbons (Fsp3) is 0.294. The first-order chi connectivity index (χ1) is 12.2. The van der Waals surface area contributed by atoms with Gasteiger partial charge in [-0.1, -0.05) is 0 Å². The van der Waals surface area contributed by atoms with E-state index in [9.17, 15) is 9.59 Å². The number of benzene rings is 1. The van der Waals surface area contributed by atoms with E-state index in [0.717, 1.165) is 0 Å². The summed E-state index contributed by atoms with van der Waals surface area (Å²) in [5, 5.41) is 2.65. The highest BCUT2D eigenvalue weighted by molar-refractivity contribution is 6.07. The van der Waals surface area contributed by atoms with Gasteiger partial charge < -0.3 is 19.7 Å². The molecule has 0 aliphatic carbocycles. The first-order valence-electron chi connectivity index (χ1n) is 7.82. The lowest BCUT2D eigenvalue weighted by Gasteiger charge is -2.26. The molecule has 0 atom stereocenters. The highest BCUT2D eigenvalue weighted by Gasteiger charge is 2.24. The van der Waals surface area contributed by atoms with E-state index < -0.39 is 0 Å². The Kier molecular flexibility index (Phi) is 5.20. The van der Waals surface area contributed by atoms with Crippen LogP contribution in [0.25, 0.3) is 0 Å². The minimum Gasteiger partial charge on any atom is -0.497 e. The Labute approximate surface area is 144 Å². The van der Waals surface area contributed by atoms with Crippen molar-refractivity contribution >= 4 is 17.6 Å². The van der Waals surface area contributed by atoms with Crippen molar-refractivity contribution in [2.45, 2.75) is 0 Å². The maximum absolute atomic E-state index is 12.6. The van der Waals surface area contributed by atoms with Crippen molar-refractivity contribution in [1.82, 2.24) is 14.9 Å². The summed E-state index contributed by atoms with van der Waals surface area (Å²) in [6, 6.07) is 6.64. The number of hydrogen-bond acceptors (Lipinski definition) is 6. The normalized spacial score (nSPS) is 14.0. The summed E-state index contributed by atoms with van der Waals surface area (Å²) in [7, 11) is 1.55. The molecule has 1 aliphatic heterocycles. The number of nitrogens with zero attached hydrogens (tertiary/aromatic N) is 3. The average Bonchev–Trinajstić information content (AvgIpc) is 2.68. The first-order valence-corrected chi connectivity index (χ1v) is 7.82. The van der Waals surface area contributed by atoms with Gasteiger partial charge in [0.05, 0.1) is 20.3 Å². The van der Waals surface area contributed by atoms with E-state index in [-0.39, 0.29) is 23.3 Å². The van der Waals surface area contributed by atoms with E-state index in [1.165, 1.54) is 12.4 Å². The molecule has 1 aromatic heterocycles. The lowest BCUT2D eigenvalue weighted by atomic mass is 10.2. The van der Waals surface area contributed by atoms with Gasteiger partial charge in [0.1, 0.15) is 5.75 Å². The Bertz CT molecular complexity index is 757. The molecule has 8 heteroatoms. The van der Waals surface area contributed by atoms with E-state index in [1.54, 1.807) is 36.3 Å². The Morgan fingerprint density at radius 3 is 2.48 bits per heavy atom. The van der Waals surface area contributed by atoms with Crippen molar-refractivity contribution in [3.63, 3.8) is 0 Å². The number of anilines is 1. The lowest BCUT2D eigenvalue weighted by molar-refractivity contribution is 0.0299. The molecule has 8 nitrogen and oxygen atoms in total. The fourth-order valence-corrected chi connectivity index (χ4v) is 2.42. The van der Waals surface area contributed by atoms with Crippen LogP contribution in [0.3, 0.4) is 0 Å². The van der Waals surface area contributed by atoms with Crippen molar-refractivity contribution in [2.75, 3.05) is 38.7 Å². The fourth-order valence-electron chi connectivity index (χ4n) is 2.42. The predicted octanol–water partition coefficient (Wildman–Crippen LogP) is 1.21. The third kappa shape index (κ3) is 3.92. The second kappa shape index (κ2) is 7.71. The number of carbonyl (C=O) groups excluding carboxylic acids is 2. The molecule has 25 heavy (non-hydrogen) atoms. The molecule has 2 aromatic rings. The van der Waals surface area contributed by atoms with Gasteiger partial charge in [-0.25, -0.2) is 9.97 Å². The largest absolute Gasteiger partial charge is 0.497 e. The molecule has 0 saturated carbocycles. The molecule has 130 valence electrons. The molecular weight excluding hydrogens is 324 g/mol. The number of hydrogen-bond donors (Lipinski definition) is 1. The minimum absolute atomic E-state index is 0.117. The van der Waals surface area contributed by atoms with Gasteiger partial charge in [0.2, 0.25) is 0 Å². The molecular formula is C17H18N4O4. The van der Waals surface area contributed by atoms with Crippen LogP contribution >= 0.6 is 0 Å². The topological polar surface area (TPSA) is 93.7 Å². The monoisotopic (exact) mass is 342 g/mol. The van der Waals surface area contributed by atoms with Crippen LogP contribution in [0.15, 0.2) is 36.7 Å². The summed E-state index contributed by atoms with van der Waals surface area (Å²) in [4.78, 5) is 34.9. The molecule has 0 bridgehead atoms. The van der Waals surface area contributed by atoms with Gasteiger partial charge in [0.25, 0.3) is 11.8 Å². The number of carbonyl (C=O) groups is 2. The maximum Gasteiger partial charge on any atom is 0.276 e. The van der Waals surface area contributed by atoms with Gasteiger partial charge in [0, 0.05) is 31.0 Å². The quantitative estimate of drug-likeness (QED) is 0.898. The highest BCUT2D eigenvalue weighted by atomic mass is 16.5. The predicted molar refractivity (Wildman–Crippen MR) is 89.7 cm³/mol. The molecule has 0 unspecified atom stereocenters. The third-order valence-electron chi connectivity index (χ3n) is 3.78. The zero-order valence-corrected chi connectivity index (χ0v) is 13.8. The van der Waals surface area contributed by atoms with E-state index in [4.69, 9.17) is 9.47 Å². The number of amides is 2. The van der Waals surface area contributed by atoms with Crippen LogP contribution in [0.4, 0.5) is 5.82 Å². The zero-order valence-electron chi connectivity index (χ0n) is 13.8. The second-order valence-corrected chi connectivity index (χ2v) is 5.34. The molecule has 1 aromatic carbocycles. The van der Waals surface area contributed by atoms with E-state index in [2.05, 4.69) is 15.3 Å². The van der Waals surface area contributed by atoms with E-state index >= 15 is 0 Å². The molecule has 3 rings (SSSR count). The molecule has 1 fully saturated rings. The van der Waals surface area contributed by atoms with Crippen LogP contribution < -0.4 is 10.1 Å². The van der Waals surface area contributed by atoms with Crippen molar-refractivity contribution in [1.29, 1.82) is 0 Å². The summed E-state index contributed by atoms with van der Waals surface area (Å²) >= 11 is 0. The Morgan fingerprint density at radius 2 is 1.80 bits per heavy atom. The van der Waals surface area contributed by atoms with Crippen LogP contribution in [0.1, 0.15) is 20.8 Å². The minimum atomic E-state index is -0.376.